The fourth-order valence-electron chi connectivity index (χ4n) is 2.34. The van der Waals surface area contributed by atoms with E-state index in [-0.39, 0.29) is 5.54 Å². The predicted octanol–water partition coefficient (Wildman–Crippen LogP) is 3.33. The van der Waals surface area contributed by atoms with E-state index in [2.05, 4.69) is 92.8 Å². The Hall–Kier alpha value is -1.55. The van der Waals surface area contributed by atoms with E-state index in [1.807, 2.05) is 7.05 Å². The molecule has 130 valence electrons. The molecule has 0 bridgehead atoms. The Morgan fingerprint density at radius 1 is 1.09 bits per heavy atom. The Morgan fingerprint density at radius 3 is 2.22 bits per heavy atom. The molecule has 4 nitrogen and oxygen atoms in total. The van der Waals surface area contributed by atoms with Gasteiger partial charge in [-0.3, -0.25) is 4.99 Å². The summed E-state index contributed by atoms with van der Waals surface area (Å²) in [6.07, 6.45) is 0. The van der Waals surface area contributed by atoms with Crippen molar-refractivity contribution in [1.29, 1.82) is 0 Å². The van der Waals surface area contributed by atoms with Crippen molar-refractivity contribution in [2.45, 2.75) is 59.2 Å². The molecule has 0 saturated carbocycles. The summed E-state index contributed by atoms with van der Waals surface area (Å²) in [4.78, 5) is 4.32. The Labute approximate surface area is 142 Å². The van der Waals surface area contributed by atoms with Gasteiger partial charge in [-0.2, -0.15) is 0 Å². The Kier molecular flexibility index (Phi) is 7.56. The first kappa shape index (κ1) is 19.5. The van der Waals surface area contributed by atoms with Crippen LogP contribution >= 0.6 is 0 Å². The summed E-state index contributed by atoms with van der Waals surface area (Å²) in [5.74, 6) is 1.42. The average Bonchev–Trinajstić information content (AvgIpc) is 2.51. The van der Waals surface area contributed by atoms with E-state index >= 15 is 0 Å². The molecular weight excluding hydrogens is 284 g/mol. The quantitative estimate of drug-likeness (QED) is 0.534. The van der Waals surface area contributed by atoms with Crippen LogP contribution in [0.3, 0.4) is 0 Å². The lowest BCUT2D eigenvalue weighted by atomic mass is 10.0. The van der Waals surface area contributed by atoms with Crippen molar-refractivity contribution < 1.29 is 0 Å². The number of guanidine groups is 1. The second-order valence-corrected chi connectivity index (χ2v) is 7.26. The van der Waals surface area contributed by atoms with Crippen molar-refractivity contribution in [3.8, 4) is 0 Å². The van der Waals surface area contributed by atoms with Gasteiger partial charge >= 0.3 is 0 Å². The third kappa shape index (κ3) is 7.04. The summed E-state index contributed by atoms with van der Waals surface area (Å²) < 4.78 is 0. The van der Waals surface area contributed by atoms with Crippen LogP contribution in [0.5, 0.6) is 0 Å². The van der Waals surface area contributed by atoms with Crippen LogP contribution in [0.2, 0.25) is 0 Å². The van der Waals surface area contributed by atoms with Gasteiger partial charge < -0.3 is 16.0 Å². The van der Waals surface area contributed by atoms with Gasteiger partial charge in [-0.1, -0.05) is 44.2 Å². The SMILES string of the molecule is CN=C(NCC(C)(C)NC(C)c1ccccc1)NC(C)C(C)C. The summed E-state index contributed by atoms with van der Waals surface area (Å²) in [7, 11) is 1.81. The second-order valence-electron chi connectivity index (χ2n) is 7.26. The van der Waals surface area contributed by atoms with Crippen LogP contribution in [0.1, 0.15) is 53.1 Å². The highest BCUT2D eigenvalue weighted by Crippen LogP contribution is 2.15. The van der Waals surface area contributed by atoms with Crippen molar-refractivity contribution in [3.05, 3.63) is 35.9 Å². The molecule has 0 amide bonds. The van der Waals surface area contributed by atoms with E-state index < -0.39 is 0 Å². The number of nitrogens with one attached hydrogen (secondary N) is 3. The molecule has 0 aromatic heterocycles. The predicted molar refractivity (Wildman–Crippen MR) is 101 cm³/mol. The molecule has 1 rings (SSSR count). The highest BCUT2D eigenvalue weighted by atomic mass is 15.2. The van der Waals surface area contributed by atoms with Crippen molar-refractivity contribution in [2.24, 2.45) is 10.9 Å². The topological polar surface area (TPSA) is 48.5 Å². The second kappa shape index (κ2) is 8.92. The van der Waals surface area contributed by atoms with Gasteiger partial charge in [0.2, 0.25) is 0 Å². The molecule has 1 aromatic carbocycles. The molecule has 0 aliphatic heterocycles. The van der Waals surface area contributed by atoms with Gasteiger partial charge in [-0.05, 0) is 39.2 Å². The summed E-state index contributed by atoms with van der Waals surface area (Å²) >= 11 is 0. The molecule has 2 atom stereocenters. The standard InChI is InChI=1S/C19H34N4/c1-14(2)15(3)22-18(20-7)21-13-19(5,6)23-16(4)17-11-9-8-10-12-17/h8-12,14-16,23H,13H2,1-7H3,(H2,20,21,22). The Morgan fingerprint density at radius 2 is 1.70 bits per heavy atom. The maximum Gasteiger partial charge on any atom is 0.191 e. The first-order valence-corrected chi connectivity index (χ1v) is 8.55. The third-order valence-corrected chi connectivity index (χ3v) is 4.19. The highest BCUT2D eigenvalue weighted by molar-refractivity contribution is 5.80. The van der Waals surface area contributed by atoms with Crippen molar-refractivity contribution >= 4 is 5.96 Å². The zero-order valence-electron chi connectivity index (χ0n) is 15.8. The van der Waals surface area contributed by atoms with E-state index in [4.69, 9.17) is 0 Å². The van der Waals surface area contributed by atoms with Gasteiger partial charge in [0, 0.05) is 31.2 Å². The first-order chi connectivity index (χ1) is 10.7. The van der Waals surface area contributed by atoms with Gasteiger partial charge in [0.1, 0.15) is 0 Å². The largest absolute Gasteiger partial charge is 0.355 e. The van der Waals surface area contributed by atoms with E-state index in [9.17, 15) is 0 Å². The molecule has 23 heavy (non-hydrogen) atoms. The molecule has 2 unspecified atom stereocenters. The number of hydrogen-bond donors (Lipinski definition) is 3. The summed E-state index contributed by atoms with van der Waals surface area (Å²) in [6.45, 7) is 14.0. The highest BCUT2D eigenvalue weighted by Gasteiger charge is 2.21. The maximum atomic E-state index is 4.32. The molecule has 3 N–H and O–H groups in total. The Bertz CT molecular complexity index is 479. The lowest BCUT2D eigenvalue weighted by Crippen LogP contribution is -2.53. The normalized spacial score (nSPS) is 15.4. The fraction of sp³-hybridized carbons (Fsp3) is 0.632. The zero-order valence-corrected chi connectivity index (χ0v) is 15.8. The molecule has 0 fully saturated rings. The molecule has 0 radical (unpaired) electrons. The number of hydrogen-bond acceptors (Lipinski definition) is 2. The molecular formula is C19H34N4. The minimum atomic E-state index is -0.0477. The van der Waals surface area contributed by atoms with E-state index in [1.165, 1.54) is 5.56 Å². The minimum Gasteiger partial charge on any atom is -0.355 e. The van der Waals surface area contributed by atoms with Crippen LogP contribution < -0.4 is 16.0 Å². The van der Waals surface area contributed by atoms with Crippen LogP contribution in [0.15, 0.2) is 35.3 Å². The first-order valence-electron chi connectivity index (χ1n) is 8.55. The number of aliphatic imine (C=N–C) groups is 1. The van der Waals surface area contributed by atoms with Crippen LogP contribution in [-0.2, 0) is 0 Å². The van der Waals surface area contributed by atoms with Crippen LogP contribution in [-0.4, -0.2) is 31.1 Å². The summed E-state index contributed by atoms with van der Waals surface area (Å²) in [6, 6.07) is 11.2. The number of nitrogens with zero attached hydrogens (tertiary/aromatic N) is 1. The maximum absolute atomic E-state index is 4.32. The van der Waals surface area contributed by atoms with E-state index in [0.29, 0.717) is 18.0 Å². The molecule has 1 aromatic rings. The molecule has 4 heteroatoms. The third-order valence-electron chi connectivity index (χ3n) is 4.19. The molecule has 0 spiro atoms. The fourth-order valence-corrected chi connectivity index (χ4v) is 2.34. The molecule has 0 heterocycles. The van der Waals surface area contributed by atoms with Gasteiger partial charge in [-0.25, -0.2) is 0 Å². The molecule has 0 saturated heterocycles. The number of rotatable bonds is 7. The van der Waals surface area contributed by atoms with Gasteiger partial charge in [-0.15, -0.1) is 0 Å². The van der Waals surface area contributed by atoms with Crippen LogP contribution in [0.4, 0.5) is 0 Å². The summed E-state index contributed by atoms with van der Waals surface area (Å²) in [5.41, 5.74) is 1.25. The molecule has 0 aliphatic rings. The molecule has 0 aliphatic carbocycles. The number of benzene rings is 1. The minimum absolute atomic E-state index is 0.0477. The van der Waals surface area contributed by atoms with Gasteiger partial charge in [0.25, 0.3) is 0 Å². The zero-order chi connectivity index (χ0) is 17.5. The van der Waals surface area contributed by atoms with Crippen LogP contribution in [0, 0.1) is 5.92 Å². The van der Waals surface area contributed by atoms with Crippen molar-refractivity contribution in [1.82, 2.24) is 16.0 Å². The van der Waals surface area contributed by atoms with E-state index in [0.717, 1.165) is 12.5 Å². The van der Waals surface area contributed by atoms with Crippen LogP contribution in [0.25, 0.3) is 0 Å². The van der Waals surface area contributed by atoms with Crippen molar-refractivity contribution in [2.75, 3.05) is 13.6 Å². The smallest absolute Gasteiger partial charge is 0.191 e. The van der Waals surface area contributed by atoms with Gasteiger partial charge in [0.05, 0.1) is 0 Å². The summed E-state index contributed by atoms with van der Waals surface area (Å²) in [5, 5.41) is 10.5. The lowest BCUT2D eigenvalue weighted by molar-refractivity contribution is 0.343. The van der Waals surface area contributed by atoms with Gasteiger partial charge in [0.15, 0.2) is 5.96 Å². The Balaban J connectivity index is 2.54. The average molecular weight is 319 g/mol. The van der Waals surface area contributed by atoms with Crippen molar-refractivity contribution in [3.63, 3.8) is 0 Å². The monoisotopic (exact) mass is 318 g/mol. The lowest BCUT2D eigenvalue weighted by Gasteiger charge is -2.32. The van der Waals surface area contributed by atoms with E-state index in [1.54, 1.807) is 0 Å².